The van der Waals surface area contributed by atoms with E-state index in [9.17, 15) is 4.79 Å². The van der Waals surface area contributed by atoms with Gasteiger partial charge in [-0.15, -0.1) is 0 Å². The minimum Gasteiger partial charge on any atom is -0.396 e. The summed E-state index contributed by atoms with van der Waals surface area (Å²) in [6.45, 7) is 1.98. The number of hydrogen-bond donors (Lipinski definition) is 2. The van der Waals surface area contributed by atoms with Crippen LogP contribution in [0.15, 0.2) is 0 Å². The van der Waals surface area contributed by atoms with Crippen molar-refractivity contribution in [2.24, 2.45) is 11.7 Å². The number of aliphatic hydroxyl groups is 1. The van der Waals surface area contributed by atoms with Crippen LogP contribution in [0.4, 0.5) is 0 Å². The Morgan fingerprint density at radius 3 is 2.44 bits per heavy atom. The first-order chi connectivity index (χ1) is 4.20. The number of primary amides is 1. The molecular formula is C6H13NO2. The Hall–Kier alpha value is -0.570. The molecule has 0 heterocycles. The quantitative estimate of drug-likeness (QED) is 0.558. The van der Waals surface area contributed by atoms with Crippen LogP contribution in [-0.4, -0.2) is 17.6 Å². The molecule has 1 amide bonds. The molecule has 3 N–H and O–H groups in total. The number of hydrogen-bond acceptors (Lipinski definition) is 2. The maximum atomic E-state index is 10.2. The van der Waals surface area contributed by atoms with E-state index in [4.69, 9.17) is 10.8 Å². The average Bonchev–Trinajstić information content (AvgIpc) is 1.82. The van der Waals surface area contributed by atoms with E-state index in [0.717, 1.165) is 6.42 Å². The third kappa shape index (κ3) is 3.97. The zero-order valence-electron chi connectivity index (χ0n) is 5.63. The molecule has 0 aliphatic carbocycles. The number of amides is 1. The van der Waals surface area contributed by atoms with Crippen molar-refractivity contribution in [1.29, 1.82) is 0 Å². The molecule has 0 aromatic rings. The second-order valence-electron chi connectivity index (χ2n) is 2.13. The monoisotopic (exact) mass is 131 g/mol. The number of carbonyl (C=O) groups is 1. The van der Waals surface area contributed by atoms with Crippen LogP contribution in [0, 0.1) is 5.92 Å². The number of nitrogens with two attached hydrogens (primary N) is 1. The van der Waals surface area contributed by atoms with Gasteiger partial charge in [-0.3, -0.25) is 4.79 Å². The molecule has 0 aliphatic rings. The Labute approximate surface area is 54.9 Å². The predicted octanol–water partition coefficient (Wildman–Crippen LogP) is -0.120. The fourth-order valence-electron chi connectivity index (χ4n) is 0.623. The summed E-state index contributed by atoms with van der Waals surface area (Å²) in [7, 11) is 0. The molecule has 9 heavy (non-hydrogen) atoms. The number of aliphatic hydroxyl groups excluding tert-OH is 1. The van der Waals surface area contributed by atoms with Crippen molar-refractivity contribution in [3.63, 3.8) is 0 Å². The number of carbonyl (C=O) groups excluding carboxylic acids is 1. The standard InChI is InChI=1S/C6H13NO2/c1-2-5(4-8)3-6(7)9/h5,8H,2-4H2,1H3,(H2,7,9). The van der Waals surface area contributed by atoms with Crippen molar-refractivity contribution in [2.45, 2.75) is 19.8 Å². The van der Waals surface area contributed by atoms with Crippen molar-refractivity contribution >= 4 is 5.91 Å². The Bertz CT molecular complexity index is 89.1. The molecule has 1 unspecified atom stereocenters. The molecule has 0 saturated carbocycles. The molecule has 1 atom stereocenters. The smallest absolute Gasteiger partial charge is 0.217 e. The average molecular weight is 131 g/mol. The number of rotatable bonds is 4. The summed E-state index contributed by atoms with van der Waals surface area (Å²) in [4.78, 5) is 10.2. The van der Waals surface area contributed by atoms with Crippen molar-refractivity contribution in [3.8, 4) is 0 Å². The van der Waals surface area contributed by atoms with Crippen molar-refractivity contribution < 1.29 is 9.90 Å². The lowest BCUT2D eigenvalue weighted by Crippen LogP contribution is -2.18. The maximum absolute atomic E-state index is 10.2. The highest BCUT2D eigenvalue weighted by Crippen LogP contribution is 2.04. The van der Waals surface area contributed by atoms with Crippen molar-refractivity contribution in [2.75, 3.05) is 6.61 Å². The second-order valence-corrected chi connectivity index (χ2v) is 2.13. The van der Waals surface area contributed by atoms with E-state index in [1.807, 2.05) is 6.92 Å². The minimum absolute atomic E-state index is 0.0550. The summed E-state index contributed by atoms with van der Waals surface area (Å²) >= 11 is 0. The Balaban J connectivity index is 3.43. The van der Waals surface area contributed by atoms with Gasteiger partial charge in [-0.2, -0.15) is 0 Å². The lowest BCUT2D eigenvalue weighted by atomic mass is 10.0. The van der Waals surface area contributed by atoms with Gasteiger partial charge in [-0.05, 0) is 5.92 Å². The van der Waals surface area contributed by atoms with Crippen LogP contribution in [0.2, 0.25) is 0 Å². The molecule has 0 spiro atoms. The summed E-state index contributed by atoms with van der Waals surface area (Å²) in [6.07, 6.45) is 1.10. The molecule has 0 aromatic carbocycles. The highest BCUT2D eigenvalue weighted by molar-refractivity contribution is 5.73. The van der Waals surface area contributed by atoms with Gasteiger partial charge in [-0.1, -0.05) is 13.3 Å². The van der Waals surface area contributed by atoms with Gasteiger partial charge in [0.1, 0.15) is 0 Å². The third-order valence-corrected chi connectivity index (χ3v) is 1.33. The topological polar surface area (TPSA) is 63.3 Å². The minimum atomic E-state index is -0.337. The second kappa shape index (κ2) is 4.32. The fraction of sp³-hybridized carbons (Fsp3) is 0.833. The van der Waals surface area contributed by atoms with Gasteiger partial charge in [-0.25, -0.2) is 0 Å². The SMILES string of the molecule is CCC(CO)CC(N)=O. The van der Waals surface area contributed by atoms with Crippen LogP contribution in [0.25, 0.3) is 0 Å². The van der Waals surface area contributed by atoms with Crippen LogP contribution in [-0.2, 0) is 4.79 Å². The van der Waals surface area contributed by atoms with Gasteiger partial charge in [0, 0.05) is 13.0 Å². The van der Waals surface area contributed by atoms with E-state index in [1.54, 1.807) is 0 Å². The van der Waals surface area contributed by atoms with Crippen LogP contribution >= 0.6 is 0 Å². The molecule has 0 bridgehead atoms. The molecule has 0 rings (SSSR count). The van der Waals surface area contributed by atoms with Crippen LogP contribution in [0.1, 0.15) is 19.8 Å². The van der Waals surface area contributed by atoms with Gasteiger partial charge < -0.3 is 10.8 Å². The normalized spacial score (nSPS) is 13.1. The predicted molar refractivity (Wildman–Crippen MR) is 34.7 cm³/mol. The zero-order chi connectivity index (χ0) is 7.28. The largest absolute Gasteiger partial charge is 0.396 e. The highest BCUT2D eigenvalue weighted by Gasteiger charge is 2.06. The van der Waals surface area contributed by atoms with Crippen LogP contribution in [0.3, 0.4) is 0 Å². The summed E-state index contributed by atoms with van der Waals surface area (Å²) in [5.41, 5.74) is 4.89. The molecule has 0 aromatic heterocycles. The first-order valence-corrected chi connectivity index (χ1v) is 3.09. The summed E-state index contributed by atoms with van der Waals surface area (Å²) in [5.74, 6) is -0.279. The lowest BCUT2D eigenvalue weighted by molar-refractivity contribution is -0.119. The molecule has 3 nitrogen and oxygen atoms in total. The van der Waals surface area contributed by atoms with E-state index in [1.165, 1.54) is 0 Å². The Morgan fingerprint density at radius 1 is 1.78 bits per heavy atom. The van der Waals surface area contributed by atoms with Gasteiger partial charge in [0.25, 0.3) is 0 Å². The molecule has 0 aliphatic heterocycles. The summed E-state index contributed by atoms with van der Waals surface area (Å²) < 4.78 is 0. The van der Waals surface area contributed by atoms with E-state index >= 15 is 0 Å². The van der Waals surface area contributed by atoms with E-state index in [0.29, 0.717) is 6.42 Å². The van der Waals surface area contributed by atoms with Crippen molar-refractivity contribution in [3.05, 3.63) is 0 Å². The molecular weight excluding hydrogens is 118 g/mol. The van der Waals surface area contributed by atoms with Crippen LogP contribution < -0.4 is 5.73 Å². The van der Waals surface area contributed by atoms with Crippen LogP contribution in [0.5, 0.6) is 0 Å². The lowest BCUT2D eigenvalue weighted by Gasteiger charge is -2.06. The maximum Gasteiger partial charge on any atom is 0.217 e. The van der Waals surface area contributed by atoms with Gasteiger partial charge >= 0.3 is 0 Å². The van der Waals surface area contributed by atoms with E-state index in [2.05, 4.69) is 0 Å². The molecule has 3 heteroatoms. The first-order valence-electron chi connectivity index (χ1n) is 3.09. The fourth-order valence-corrected chi connectivity index (χ4v) is 0.623. The van der Waals surface area contributed by atoms with Gasteiger partial charge in [0.2, 0.25) is 5.91 Å². The van der Waals surface area contributed by atoms with Crippen molar-refractivity contribution in [1.82, 2.24) is 0 Å². The van der Waals surface area contributed by atoms with Gasteiger partial charge in [0.05, 0.1) is 0 Å². The molecule has 54 valence electrons. The highest BCUT2D eigenvalue weighted by atomic mass is 16.3. The molecule has 0 radical (unpaired) electrons. The van der Waals surface area contributed by atoms with E-state index < -0.39 is 0 Å². The van der Waals surface area contributed by atoms with Gasteiger partial charge in [0.15, 0.2) is 0 Å². The van der Waals surface area contributed by atoms with E-state index in [-0.39, 0.29) is 18.4 Å². The zero-order valence-corrected chi connectivity index (χ0v) is 5.63. The summed E-state index contributed by atoms with van der Waals surface area (Å²) in [5, 5.41) is 8.57. The Kier molecular flexibility index (Phi) is 4.05. The molecule has 0 fully saturated rings. The third-order valence-electron chi connectivity index (χ3n) is 1.33. The molecule has 0 saturated heterocycles. The Morgan fingerprint density at radius 2 is 2.33 bits per heavy atom. The first kappa shape index (κ1) is 8.43. The summed E-state index contributed by atoms with van der Waals surface area (Å²) in [6, 6.07) is 0.